The zero-order chi connectivity index (χ0) is 23.4. The van der Waals surface area contributed by atoms with Gasteiger partial charge in [0.1, 0.15) is 0 Å². The first-order chi connectivity index (χ1) is 15.9. The van der Waals surface area contributed by atoms with E-state index in [2.05, 4.69) is 20.5 Å². The highest BCUT2D eigenvalue weighted by atomic mass is 35.5. The molecular weight excluding hydrogens is 464 g/mol. The minimum Gasteiger partial charge on any atom is -0.325 e. The number of amides is 1. The summed E-state index contributed by atoms with van der Waals surface area (Å²) in [6.07, 6.45) is 3.33. The van der Waals surface area contributed by atoms with Crippen LogP contribution in [0.15, 0.2) is 78.2 Å². The number of thioether (sulfide) groups is 1. The fourth-order valence-electron chi connectivity index (χ4n) is 3.01. The smallest absolute Gasteiger partial charge is 0.271 e. The Hall–Kier alpha value is -3.76. The Labute approximate surface area is 198 Å². The molecule has 4 rings (SSSR count). The van der Waals surface area contributed by atoms with E-state index in [1.807, 2.05) is 28.8 Å². The number of nitrogens with one attached hydrogen (secondary N) is 1. The molecule has 0 fully saturated rings. The van der Waals surface area contributed by atoms with Crippen LogP contribution in [-0.2, 0) is 4.79 Å². The van der Waals surface area contributed by atoms with Gasteiger partial charge in [0.2, 0.25) is 5.91 Å². The van der Waals surface area contributed by atoms with E-state index in [1.54, 1.807) is 37.5 Å². The number of halogens is 1. The van der Waals surface area contributed by atoms with Crippen LogP contribution in [0.2, 0.25) is 5.02 Å². The Morgan fingerprint density at radius 1 is 1.12 bits per heavy atom. The number of aromatic nitrogens is 4. The molecule has 2 aromatic carbocycles. The van der Waals surface area contributed by atoms with Gasteiger partial charge in [-0.05, 0) is 49.4 Å². The number of benzene rings is 2. The number of carbonyl (C=O) groups is 1. The number of nitro benzene ring substituents is 1. The van der Waals surface area contributed by atoms with Crippen molar-refractivity contribution < 1.29 is 9.72 Å². The number of anilines is 1. The highest BCUT2D eigenvalue weighted by Gasteiger charge is 2.22. The molecule has 2 heterocycles. The molecular formula is C22H17ClN6O3S. The summed E-state index contributed by atoms with van der Waals surface area (Å²) in [7, 11) is 0. The maximum absolute atomic E-state index is 12.8. The molecule has 9 nitrogen and oxygen atoms in total. The second-order valence-electron chi connectivity index (χ2n) is 6.91. The summed E-state index contributed by atoms with van der Waals surface area (Å²) >= 11 is 7.27. The molecule has 1 unspecified atom stereocenters. The van der Waals surface area contributed by atoms with Crippen LogP contribution in [0.25, 0.3) is 17.1 Å². The van der Waals surface area contributed by atoms with Gasteiger partial charge in [0.25, 0.3) is 5.69 Å². The van der Waals surface area contributed by atoms with Crippen molar-refractivity contribution in [3.63, 3.8) is 0 Å². The molecule has 2 aromatic heterocycles. The zero-order valence-electron chi connectivity index (χ0n) is 17.3. The monoisotopic (exact) mass is 480 g/mol. The van der Waals surface area contributed by atoms with Crippen molar-refractivity contribution in [2.24, 2.45) is 0 Å². The lowest BCUT2D eigenvalue weighted by molar-refractivity contribution is -0.384. The first kappa shape index (κ1) is 22.4. The SMILES string of the molecule is CC(Sc1nnc(-c2ccncc2)n1-c1ccc(Cl)cc1)C(=O)Nc1cccc([N+](=O)[O-])c1. The van der Waals surface area contributed by atoms with Crippen molar-refractivity contribution in [1.82, 2.24) is 19.7 Å². The molecule has 0 saturated carbocycles. The van der Waals surface area contributed by atoms with Crippen LogP contribution in [0, 0.1) is 10.1 Å². The Kier molecular flexibility index (Phi) is 6.66. The van der Waals surface area contributed by atoms with E-state index < -0.39 is 10.2 Å². The van der Waals surface area contributed by atoms with Gasteiger partial charge in [-0.2, -0.15) is 0 Å². The molecule has 166 valence electrons. The molecule has 0 aliphatic heterocycles. The minimum atomic E-state index is -0.565. The average molecular weight is 481 g/mol. The number of rotatable bonds is 7. The Morgan fingerprint density at radius 3 is 2.55 bits per heavy atom. The largest absolute Gasteiger partial charge is 0.325 e. The number of hydrogen-bond donors (Lipinski definition) is 1. The third-order valence-electron chi connectivity index (χ3n) is 4.63. The van der Waals surface area contributed by atoms with Crippen LogP contribution in [0.1, 0.15) is 6.92 Å². The summed E-state index contributed by atoms with van der Waals surface area (Å²) in [5.41, 5.74) is 1.84. The first-order valence-electron chi connectivity index (χ1n) is 9.76. The van der Waals surface area contributed by atoms with E-state index in [1.165, 1.54) is 30.0 Å². The highest BCUT2D eigenvalue weighted by molar-refractivity contribution is 8.00. The third-order valence-corrected chi connectivity index (χ3v) is 5.93. The van der Waals surface area contributed by atoms with Gasteiger partial charge in [-0.25, -0.2) is 0 Å². The van der Waals surface area contributed by atoms with Gasteiger partial charge in [-0.15, -0.1) is 10.2 Å². The van der Waals surface area contributed by atoms with Gasteiger partial charge in [-0.3, -0.25) is 24.5 Å². The topological polar surface area (TPSA) is 116 Å². The lowest BCUT2D eigenvalue weighted by atomic mass is 10.2. The molecule has 11 heteroatoms. The maximum Gasteiger partial charge on any atom is 0.271 e. The normalized spacial score (nSPS) is 11.7. The van der Waals surface area contributed by atoms with Crippen molar-refractivity contribution in [1.29, 1.82) is 0 Å². The van der Waals surface area contributed by atoms with Crippen LogP contribution in [0.4, 0.5) is 11.4 Å². The highest BCUT2D eigenvalue weighted by Crippen LogP contribution is 2.31. The quantitative estimate of drug-likeness (QED) is 0.224. The minimum absolute atomic E-state index is 0.0995. The van der Waals surface area contributed by atoms with Crippen LogP contribution >= 0.6 is 23.4 Å². The van der Waals surface area contributed by atoms with E-state index in [4.69, 9.17) is 11.6 Å². The molecule has 0 aliphatic carbocycles. The molecule has 1 atom stereocenters. The van der Waals surface area contributed by atoms with Gasteiger partial charge in [-0.1, -0.05) is 29.4 Å². The molecule has 0 saturated heterocycles. The molecule has 4 aromatic rings. The predicted octanol–water partition coefficient (Wildman–Crippen LogP) is 5.01. The van der Waals surface area contributed by atoms with Crippen molar-refractivity contribution >= 4 is 40.6 Å². The van der Waals surface area contributed by atoms with Crippen LogP contribution in [0.5, 0.6) is 0 Å². The number of carbonyl (C=O) groups excluding carboxylic acids is 1. The van der Waals surface area contributed by atoms with Crippen LogP contribution in [-0.4, -0.2) is 35.8 Å². The third kappa shape index (κ3) is 5.18. The van der Waals surface area contributed by atoms with Gasteiger partial charge in [0.15, 0.2) is 11.0 Å². The maximum atomic E-state index is 12.8. The Morgan fingerprint density at radius 2 is 1.85 bits per heavy atom. The standard InChI is InChI=1S/C22H17ClN6O3S/c1-14(21(30)25-17-3-2-4-19(13-17)29(31)32)33-22-27-26-20(15-9-11-24-12-10-15)28(22)18-7-5-16(23)6-8-18/h2-14H,1H3,(H,25,30). The van der Waals surface area contributed by atoms with Crippen molar-refractivity contribution in [3.8, 4) is 17.1 Å². The van der Waals surface area contributed by atoms with Crippen LogP contribution < -0.4 is 5.32 Å². The Balaban J connectivity index is 1.61. The van der Waals surface area contributed by atoms with Crippen LogP contribution in [0.3, 0.4) is 0 Å². The molecule has 0 bridgehead atoms. The number of non-ortho nitro benzene ring substituents is 1. The van der Waals surface area contributed by atoms with E-state index in [0.29, 0.717) is 21.7 Å². The van der Waals surface area contributed by atoms with Crippen molar-refractivity contribution in [3.05, 3.63) is 88.2 Å². The number of pyridine rings is 1. The lowest BCUT2D eigenvalue weighted by Gasteiger charge is -2.14. The number of hydrogen-bond acceptors (Lipinski definition) is 7. The van der Waals surface area contributed by atoms with E-state index in [-0.39, 0.29) is 11.6 Å². The number of nitrogens with zero attached hydrogens (tertiary/aromatic N) is 5. The molecule has 0 aliphatic rings. The van der Waals surface area contributed by atoms with Crippen molar-refractivity contribution in [2.75, 3.05) is 5.32 Å². The second kappa shape index (κ2) is 9.80. The number of nitro groups is 1. The summed E-state index contributed by atoms with van der Waals surface area (Å²) in [6.45, 7) is 1.73. The summed E-state index contributed by atoms with van der Waals surface area (Å²) in [5, 5.41) is 22.9. The fourth-order valence-corrected chi connectivity index (χ4v) is 4.00. The molecule has 0 spiro atoms. The zero-order valence-corrected chi connectivity index (χ0v) is 18.8. The average Bonchev–Trinajstić information content (AvgIpc) is 3.23. The van der Waals surface area contributed by atoms with Gasteiger partial charge in [0, 0.05) is 46.5 Å². The Bertz CT molecular complexity index is 1300. The molecule has 0 radical (unpaired) electrons. The van der Waals surface area contributed by atoms with E-state index >= 15 is 0 Å². The lowest BCUT2D eigenvalue weighted by Crippen LogP contribution is -2.23. The molecule has 33 heavy (non-hydrogen) atoms. The summed E-state index contributed by atoms with van der Waals surface area (Å²) in [5.74, 6) is 0.269. The predicted molar refractivity (Wildman–Crippen MR) is 127 cm³/mol. The fraction of sp³-hybridized carbons (Fsp3) is 0.0909. The van der Waals surface area contributed by atoms with Gasteiger partial charge in [0.05, 0.1) is 10.2 Å². The van der Waals surface area contributed by atoms with Gasteiger partial charge < -0.3 is 5.32 Å². The second-order valence-corrected chi connectivity index (χ2v) is 8.66. The van der Waals surface area contributed by atoms with E-state index in [9.17, 15) is 14.9 Å². The molecule has 1 N–H and O–H groups in total. The summed E-state index contributed by atoms with van der Waals surface area (Å²) < 4.78 is 1.84. The summed E-state index contributed by atoms with van der Waals surface area (Å²) in [6, 6.07) is 16.6. The van der Waals surface area contributed by atoms with Crippen molar-refractivity contribution in [2.45, 2.75) is 17.3 Å². The first-order valence-corrected chi connectivity index (χ1v) is 11.0. The summed E-state index contributed by atoms with van der Waals surface area (Å²) in [4.78, 5) is 27.3. The van der Waals surface area contributed by atoms with Gasteiger partial charge >= 0.3 is 0 Å². The van der Waals surface area contributed by atoms with E-state index in [0.717, 1.165) is 11.3 Å². The molecule has 1 amide bonds.